The number of H-pyrrole nitrogens is 1. The molecule has 0 radical (unpaired) electrons. The zero-order valence-electron chi connectivity index (χ0n) is 25.9. The number of fused-ring (bicyclic) bond motifs is 4. The molecule has 1 saturated heterocycles. The Morgan fingerprint density at radius 2 is 1.62 bits per heavy atom. The lowest BCUT2D eigenvalue weighted by atomic mass is 10.0. The number of nitrogens with one attached hydrogen (secondary N) is 5. The minimum Gasteiger partial charge on any atom is -0.422 e. The first kappa shape index (κ1) is 31.9. The fourth-order valence-electron chi connectivity index (χ4n) is 6.26. The molecule has 2 aromatic heterocycles. The van der Waals surface area contributed by atoms with Crippen LogP contribution in [0.1, 0.15) is 48.7 Å². The molecular weight excluding hydrogens is 604 g/mol. The summed E-state index contributed by atoms with van der Waals surface area (Å²) in [5.41, 5.74) is 2.62. The van der Waals surface area contributed by atoms with Crippen LogP contribution in [0.15, 0.2) is 65.2 Å². The first-order valence-electron chi connectivity index (χ1n) is 15.8. The summed E-state index contributed by atoms with van der Waals surface area (Å²) in [7, 11) is 0. The average molecular weight is 643 g/mol. The minimum atomic E-state index is -1.33. The van der Waals surface area contributed by atoms with Gasteiger partial charge in [-0.05, 0) is 49.9 Å². The summed E-state index contributed by atoms with van der Waals surface area (Å²) in [5.74, 6) is -1.80. The lowest BCUT2D eigenvalue weighted by molar-refractivity contribution is -0.135. The summed E-state index contributed by atoms with van der Waals surface area (Å²) in [6.07, 6.45) is 3.54. The second kappa shape index (κ2) is 14.1. The third-order valence-electron chi connectivity index (χ3n) is 8.75. The Morgan fingerprint density at radius 3 is 2.43 bits per heavy atom. The number of aromatic nitrogens is 3. The average Bonchev–Trinajstić information content (AvgIpc) is 3.85. The number of hydrogen-bond donors (Lipinski definition) is 6. The van der Waals surface area contributed by atoms with Gasteiger partial charge >= 0.3 is 0 Å². The van der Waals surface area contributed by atoms with Crippen molar-refractivity contribution in [2.45, 2.75) is 69.4 Å². The second-order valence-electron chi connectivity index (χ2n) is 12.0. The van der Waals surface area contributed by atoms with Crippen molar-refractivity contribution in [3.63, 3.8) is 0 Å². The molecule has 0 saturated carbocycles. The van der Waals surface area contributed by atoms with Gasteiger partial charge in [0.1, 0.15) is 18.1 Å². The zero-order chi connectivity index (χ0) is 32.9. The third-order valence-corrected chi connectivity index (χ3v) is 8.75. The van der Waals surface area contributed by atoms with Crippen LogP contribution in [0.25, 0.3) is 10.9 Å². The van der Waals surface area contributed by atoms with Crippen molar-refractivity contribution in [3.8, 4) is 0 Å². The van der Waals surface area contributed by atoms with E-state index in [2.05, 4.69) is 36.4 Å². The quantitative estimate of drug-likeness (QED) is 0.181. The summed E-state index contributed by atoms with van der Waals surface area (Å²) in [4.78, 5) is 59.0. The Kier molecular flexibility index (Phi) is 9.59. The van der Waals surface area contributed by atoms with Gasteiger partial charge in [-0.1, -0.05) is 48.5 Å². The Hall–Kier alpha value is -5.08. The highest BCUT2D eigenvalue weighted by Gasteiger charge is 2.40. The Bertz CT molecular complexity index is 1740. The van der Waals surface area contributed by atoms with E-state index in [1.165, 1.54) is 6.92 Å². The van der Waals surface area contributed by atoms with Crippen LogP contribution in [0.4, 0.5) is 0 Å². The smallest absolute Gasteiger partial charge is 0.245 e. The summed E-state index contributed by atoms with van der Waals surface area (Å²) in [5, 5.41) is 30.4. The van der Waals surface area contributed by atoms with Gasteiger partial charge in [-0.2, -0.15) is 0 Å². The highest BCUT2D eigenvalue weighted by Crippen LogP contribution is 2.32. The fourth-order valence-corrected chi connectivity index (χ4v) is 6.26. The van der Waals surface area contributed by atoms with E-state index in [4.69, 9.17) is 4.42 Å². The highest BCUT2D eigenvalue weighted by atomic mass is 16.4. The summed E-state index contributed by atoms with van der Waals surface area (Å²) in [6, 6.07) is 12.7. The molecule has 2 bridgehead atoms. The van der Waals surface area contributed by atoms with Crippen molar-refractivity contribution < 1.29 is 28.7 Å². The number of aromatic amines is 1. The lowest BCUT2D eigenvalue weighted by Crippen LogP contribution is -2.59. The summed E-state index contributed by atoms with van der Waals surface area (Å²) in [6.45, 7) is 1.33. The largest absolute Gasteiger partial charge is 0.422 e. The van der Waals surface area contributed by atoms with E-state index in [1.54, 1.807) is 6.20 Å². The molecule has 14 nitrogen and oxygen atoms in total. The molecule has 4 heterocycles. The van der Waals surface area contributed by atoms with Crippen LogP contribution in [0.2, 0.25) is 0 Å². The van der Waals surface area contributed by atoms with Crippen LogP contribution in [-0.4, -0.2) is 86.1 Å². The van der Waals surface area contributed by atoms with Crippen LogP contribution >= 0.6 is 0 Å². The number of nitrogens with zero attached hydrogens (tertiary/aromatic N) is 3. The summed E-state index contributed by atoms with van der Waals surface area (Å²) < 4.78 is 6.03. The topological polar surface area (TPSA) is 195 Å². The van der Waals surface area contributed by atoms with Crippen molar-refractivity contribution >= 4 is 34.5 Å². The van der Waals surface area contributed by atoms with E-state index < -0.39 is 60.4 Å². The number of carbonyl (C=O) groups excluding carboxylic acids is 4. The second-order valence-corrected chi connectivity index (χ2v) is 12.0. The molecule has 1 fully saturated rings. The van der Waals surface area contributed by atoms with Gasteiger partial charge < -0.3 is 35.8 Å². The minimum absolute atomic E-state index is 0.0678. The number of carbonyl (C=O) groups is 4. The van der Waals surface area contributed by atoms with E-state index in [0.29, 0.717) is 25.8 Å². The molecule has 2 aliphatic rings. The van der Waals surface area contributed by atoms with Gasteiger partial charge in [-0.25, -0.2) is 0 Å². The molecule has 4 aromatic rings. The van der Waals surface area contributed by atoms with E-state index in [-0.39, 0.29) is 24.7 Å². The molecular formula is C33H38N8O6. The first-order valence-corrected chi connectivity index (χ1v) is 15.8. The lowest BCUT2D eigenvalue weighted by Gasteiger charge is -2.31. The number of benzene rings is 2. The number of para-hydroxylation sites is 1. The number of aliphatic hydroxyl groups is 1. The predicted octanol–water partition coefficient (Wildman–Crippen LogP) is 0.638. The molecule has 246 valence electrons. The van der Waals surface area contributed by atoms with Crippen LogP contribution in [-0.2, 0) is 38.6 Å². The van der Waals surface area contributed by atoms with E-state index >= 15 is 0 Å². The van der Waals surface area contributed by atoms with Crippen molar-refractivity contribution in [2.24, 2.45) is 0 Å². The molecule has 0 aliphatic carbocycles. The predicted molar refractivity (Wildman–Crippen MR) is 169 cm³/mol. The van der Waals surface area contributed by atoms with Gasteiger partial charge in [0.15, 0.2) is 0 Å². The molecule has 0 spiro atoms. The zero-order valence-corrected chi connectivity index (χ0v) is 25.9. The van der Waals surface area contributed by atoms with Crippen LogP contribution in [0.5, 0.6) is 0 Å². The highest BCUT2D eigenvalue weighted by molar-refractivity contribution is 5.95. The Morgan fingerprint density at radius 1 is 0.872 bits per heavy atom. The summed E-state index contributed by atoms with van der Waals surface area (Å²) >= 11 is 0. The van der Waals surface area contributed by atoms with Crippen LogP contribution < -0.4 is 21.3 Å². The van der Waals surface area contributed by atoms with E-state index in [0.717, 1.165) is 22.0 Å². The van der Waals surface area contributed by atoms with Gasteiger partial charge in [-0.3, -0.25) is 24.1 Å². The van der Waals surface area contributed by atoms with Gasteiger partial charge in [-0.15, -0.1) is 10.2 Å². The van der Waals surface area contributed by atoms with Crippen LogP contribution in [0.3, 0.4) is 0 Å². The van der Waals surface area contributed by atoms with E-state index in [1.807, 2.05) is 59.5 Å². The molecule has 2 aromatic carbocycles. The van der Waals surface area contributed by atoms with Crippen molar-refractivity contribution in [1.82, 2.24) is 41.3 Å². The first-order chi connectivity index (χ1) is 22.8. The molecule has 4 amide bonds. The molecule has 6 N–H and O–H groups in total. The van der Waals surface area contributed by atoms with Gasteiger partial charge in [0.2, 0.25) is 35.4 Å². The normalized spacial score (nSPS) is 24.9. The maximum atomic E-state index is 13.8. The molecule has 47 heavy (non-hydrogen) atoms. The molecule has 14 heteroatoms. The Balaban J connectivity index is 1.31. The molecule has 2 aliphatic heterocycles. The van der Waals surface area contributed by atoms with Gasteiger partial charge in [0, 0.05) is 23.5 Å². The van der Waals surface area contributed by atoms with E-state index in [9.17, 15) is 24.3 Å². The van der Waals surface area contributed by atoms with Crippen LogP contribution in [0, 0.1) is 0 Å². The van der Waals surface area contributed by atoms with Crippen molar-refractivity contribution in [2.75, 3.05) is 13.2 Å². The van der Waals surface area contributed by atoms with Crippen molar-refractivity contribution in [3.05, 3.63) is 83.7 Å². The van der Waals surface area contributed by atoms with Crippen molar-refractivity contribution in [1.29, 1.82) is 0 Å². The third kappa shape index (κ3) is 7.18. The number of rotatable bonds is 5. The van der Waals surface area contributed by atoms with Gasteiger partial charge in [0.25, 0.3) is 0 Å². The maximum Gasteiger partial charge on any atom is 0.245 e. The monoisotopic (exact) mass is 642 g/mol. The molecule has 6 rings (SSSR count). The maximum absolute atomic E-state index is 13.8. The molecule has 5 atom stereocenters. The Labute approximate surface area is 270 Å². The molecule has 1 unspecified atom stereocenters. The van der Waals surface area contributed by atoms with Gasteiger partial charge in [0.05, 0.1) is 25.2 Å². The number of amides is 4. The number of aliphatic hydroxyl groups excluding tert-OH is 1. The fraction of sp³-hybridized carbons (Fsp3) is 0.394. The standard InChI is InChI=1S/C33H38N8O6/c1-19-29(43)35-17-28-39-40-33(47-28)27(14-20-8-3-2-4-9-20)41-13-7-12-26(41)32(46)38-25(18-42)31(45)37-24(30(44)36-19)15-21-16-34-23-11-6-5-10-22(21)23/h2-6,8-11,16,19,24-27,34,42H,7,12-15,17-18H2,1H3,(H,35,43)(H,36,44)(H,37,45)(H,38,46)/t19-,24-,25-,26-,27?/m0/s1. The SMILES string of the molecule is C[C@@H]1NC(=O)[C@H](Cc2c[nH]c3ccccc23)NC(=O)[C@H](CO)NC(=O)[C@@H]2CCCN2C(Cc2ccccc2)c2nnc(o2)CNC1=O. The number of hydrogen-bond acceptors (Lipinski definition) is 9.